The van der Waals surface area contributed by atoms with Crippen molar-refractivity contribution in [1.29, 1.82) is 0 Å². The molecule has 0 bridgehead atoms. The highest BCUT2D eigenvalue weighted by Crippen LogP contribution is 2.34. The van der Waals surface area contributed by atoms with E-state index in [4.69, 9.17) is 9.47 Å². The number of Topliss-reactive ketones (excluding diaryl/α,β-unsaturated/α-hetero) is 1. The van der Waals surface area contributed by atoms with Crippen LogP contribution < -0.4 is 0 Å². The van der Waals surface area contributed by atoms with Crippen molar-refractivity contribution < 1.29 is 39.2 Å². The average Bonchev–Trinajstić information content (AvgIpc) is 3.35. The van der Waals surface area contributed by atoms with Gasteiger partial charge in [-0.15, -0.1) is 0 Å². The summed E-state index contributed by atoms with van der Waals surface area (Å²) in [7, 11) is 0. The van der Waals surface area contributed by atoms with Crippen LogP contribution in [-0.4, -0.2) is 64.6 Å². The molecular weight excluding hydrogens is 632 g/mol. The third-order valence-corrected chi connectivity index (χ3v) is 10.1. The molecule has 8 heteroatoms. The Balaban J connectivity index is 1.99. The van der Waals surface area contributed by atoms with Gasteiger partial charge >= 0.3 is 11.9 Å². The van der Waals surface area contributed by atoms with Gasteiger partial charge in [0.1, 0.15) is 25.1 Å². The molecule has 1 aliphatic rings. The fourth-order valence-corrected chi connectivity index (χ4v) is 6.87. The minimum Gasteiger partial charge on any atom is -0.463 e. The zero-order chi connectivity index (χ0) is 36.8. The topological polar surface area (TPSA) is 130 Å². The number of unbranched alkanes of at least 4 members (excludes halogenated alkanes) is 17. The lowest BCUT2D eigenvalue weighted by Gasteiger charge is -2.18. The summed E-state index contributed by atoms with van der Waals surface area (Å²) in [6.07, 6.45) is 27.4. The standard InChI is InChI=1S/C42H76O8/c1-4-5-19-25-35(43)29-30-38-37(39(45)31-40(38)46)26-21-17-18-23-28-42(48)50-33-36(44)32-49-41(47)27-22-16-14-12-10-8-6-7-9-11-13-15-20-24-34(2)3/h29-30,34-38,40,43-44,46H,4-28,31-33H2,1-3H3/b30-29+/t35-,36+,37+,38+,40+/m0/s1. The Morgan fingerprint density at radius 2 is 1.16 bits per heavy atom. The minimum atomic E-state index is -1.04. The summed E-state index contributed by atoms with van der Waals surface area (Å²) in [6.45, 7) is 6.35. The van der Waals surface area contributed by atoms with Crippen LogP contribution in [0.4, 0.5) is 0 Å². The molecule has 292 valence electrons. The van der Waals surface area contributed by atoms with Gasteiger partial charge in [0.15, 0.2) is 0 Å². The quantitative estimate of drug-likeness (QED) is 0.0349. The number of aliphatic hydroxyl groups excluding tert-OH is 3. The molecule has 0 aliphatic heterocycles. The van der Waals surface area contributed by atoms with Gasteiger partial charge in [0, 0.05) is 31.1 Å². The smallest absolute Gasteiger partial charge is 0.305 e. The van der Waals surface area contributed by atoms with Crippen LogP contribution in [0.15, 0.2) is 12.2 Å². The van der Waals surface area contributed by atoms with Crippen LogP contribution in [0, 0.1) is 17.8 Å². The molecule has 0 aromatic heterocycles. The van der Waals surface area contributed by atoms with E-state index in [1.54, 1.807) is 6.08 Å². The van der Waals surface area contributed by atoms with E-state index in [9.17, 15) is 29.7 Å². The third-order valence-electron chi connectivity index (χ3n) is 10.1. The van der Waals surface area contributed by atoms with Crippen LogP contribution in [0.1, 0.15) is 188 Å². The van der Waals surface area contributed by atoms with Gasteiger partial charge in [-0.1, -0.05) is 155 Å². The first-order valence-electron chi connectivity index (χ1n) is 20.7. The lowest BCUT2D eigenvalue weighted by Crippen LogP contribution is -2.25. The van der Waals surface area contributed by atoms with Gasteiger partial charge in [0.2, 0.25) is 0 Å². The Labute approximate surface area is 305 Å². The van der Waals surface area contributed by atoms with Crippen molar-refractivity contribution in [2.45, 2.75) is 206 Å². The Hall–Kier alpha value is -1.77. The molecule has 1 fully saturated rings. The zero-order valence-electron chi connectivity index (χ0n) is 32.3. The predicted molar refractivity (Wildman–Crippen MR) is 202 cm³/mol. The molecule has 0 spiro atoms. The number of hydrogen-bond donors (Lipinski definition) is 3. The molecule has 1 aliphatic carbocycles. The van der Waals surface area contributed by atoms with E-state index in [0.717, 1.165) is 63.7 Å². The summed E-state index contributed by atoms with van der Waals surface area (Å²) in [5, 5.41) is 30.6. The molecule has 1 rings (SSSR count). The third kappa shape index (κ3) is 25.2. The maximum absolute atomic E-state index is 12.5. The van der Waals surface area contributed by atoms with Crippen molar-refractivity contribution in [2.75, 3.05) is 13.2 Å². The van der Waals surface area contributed by atoms with Gasteiger partial charge in [-0.3, -0.25) is 14.4 Å². The van der Waals surface area contributed by atoms with Crippen molar-refractivity contribution in [3.05, 3.63) is 12.2 Å². The molecule has 0 saturated heterocycles. The summed E-state index contributed by atoms with van der Waals surface area (Å²) in [6, 6.07) is 0. The summed E-state index contributed by atoms with van der Waals surface area (Å²) in [5.74, 6) is -0.268. The van der Waals surface area contributed by atoms with Crippen LogP contribution in [0.5, 0.6) is 0 Å². The van der Waals surface area contributed by atoms with Gasteiger partial charge < -0.3 is 24.8 Å². The van der Waals surface area contributed by atoms with Gasteiger partial charge in [0.25, 0.3) is 0 Å². The molecule has 5 atom stereocenters. The Bertz CT molecular complexity index is 887. The number of rotatable bonds is 33. The minimum absolute atomic E-state index is 0.0836. The van der Waals surface area contributed by atoms with E-state index in [0.29, 0.717) is 25.7 Å². The fourth-order valence-electron chi connectivity index (χ4n) is 6.87. The number of carbonyl (C=O) groups excluding carboxylic acids is 3. The van der Waals surface area contributed by atoms with Crippen molar-refractivity contribution in [3.8, 4) is 0 Å². The normalized spacial score (nSPS) is 19.0. The summed E-state index contributed by atoms with van der Waals surface area (Å²) < 4.78 is 10.3. The van der Waals surface area contributed by atoms with Crippen LogP contribution in [0.25, 0.3) is 0 Å². The highest BCUT2D eigenvalue weighted by Gasteiger charge is 2.39. The molecule has 0 amide bonds. The number of hydrogen-bond acceptors (Lipinski definition) is 8. The fraction of sp³-hybridized carbons (Fsp3) is 0.881. The second-order valence-corrected chi connectivity index (χ2v) is 15.4. The van der Waals surface area contributed by atoms with Crippen molar-refractivity contribution in [3.63, 3.8) is 0 Å². The van der Waals surface area contributed by atoms with Crippen LogP contribution in [0.2, 0.25) is 0 Å². The first-order valence-corrected chi connectivity index (χ1v) is 20.7. The lowest BCUT2D eigenvalue weighted by molar-refractivity contribution is -0.152. The second-order valence-electron chi connectivity index (χ2n) is 15.4. The first-order chi connectivity index (χ1) is 24.1. The van der Waals surface area contributed by atoms with E-state index in [-0.39, 0.29) is 55.6 Å². The lowest BCUT2D eigenvalue weighted by atomic mass is 9.88. The van der Waals surface area contributed by atoms with E-state index in [1.165, 1.54) is 70.6 Å². The van der Waals surface area contributed by atoms with E-state index in [2.05, 4.69) is 20.8 Å². The number of ketones is 1. The van der Waals surface area contributed by atoms with Crippen LogP contribution in [-0.2, 0) is 23.9 Å². The monoisotopic (exact) mass is 709 g/mol. The van der Waals surface area contributed by atoms with Gasteiger partial charge in [0.05, 0.1) is 12.2 Å². The highest BCUT2D eigenvalue weighted by molar-refractivity contribution is 5.84. The molecule has 0 aromatic carbocycles. The second kappa shape index (κ2) is 30.8. The number of esters is 2. The predicted octanol–water partition coefficient (Wildman–Crippen LogP) is 9.35. The molecular formula is C42H76O8. The van der Waals surface area contributed by atoms with E-state index in [1.807, 2.05) is 6.08 Å². The number of aliphatic hydroxyl groups is 3. The highest BCUT2D eigenvalue weighted by atomic mass is 16.6. The molecule has 0 radical (unpaired) electrons. The van der Waals surface area contributed by atoms with Crippen molar-refractivity contribution >= 4 is 17.7 Å². The van der Waals surface area contributed by atoms with Crippen molar-refractivity contribution in [2.24, 2.45) is 17.8 Å². The average molecular weight is 709 g/mol. The molecule has 0 unspecified atom stereocenters. The SMILES string of the molecule is CCCCC[C@H](O)/C=C/[C@H]1[C@H](O)CC(=O)[C@@H]1CCCCCCC(=O)OC[C@H](O)COC(=O)CCCCCCCCCCCCCCCC(C)C. The van der Waals surface area contributed by atoms with Crippen LogP contribution in [0.3, 0.4) is 0 Å². The molecule has 1 saturated carbocycles. The largest absolute Gasteiger partial charge is 0.463 e. The molecule has 0 heterocycles. The molecule has 50 heavy (non-hydrogen) atoms. The number of carbonyl (C=O) groups is 3. The molecule has 8 nitrogen and oxygen atoms in total. The zero-order valence-corrected chi connectivity index (χ0v) is 32.3. The van der Waals surface area contributed by atoms with Gasteiger partial charge in [-0.2, -0.15) is 0 Å². The Morgan fingerprint density at radius 1 is 0.700 bits per heavy atom. The first kappa shape index (κ1) is 46.3. The van der Waals surface area contributed by atoms with Crippen molar-refractivity contribution in [1.82, 2.24) is 0 Å². The number of ether oxygens (including phenoxy) is 2. The summed E-state index contributed by atoms with van der Waals surface area (Å²) in [5.41, 5.74) is 0. The van der Waals surface area contributed by atoms with Gasteiger partial charge in [-0.05, 0) is 31.6 Å². The summed E-state index contributed by atoms with van der Waals surface area (Å²) in [4.78, 5) is 36.6. The summed E-state index contributed by atoms with van der Waals surface area (Å²) >= 11 is 0. The Kier molecular flexibility index (Phi) is 28.5. The maximum Gasteiger partial charge on any atom is 0.305 e. The van der Waals surface area contributed by atoms with E-state index < -0.39 is 18.3 Å². The molecule has 0 aromatic rings. The Morgan fingerprint density at radius 3 is 1.66 bits per heavy atom. The maximum atomic E-state index is 12.5. The van der Waals surface area contributed by atoms with Gasteiger partial charge in [-0.25, -0.2) is 0 Å². The van der Waals surface area contributed by atoms with Crippen LogP contribution >= 0.6 is 0 Å². The molecule has 3 N–H and O–H groups in total. The van der Waals surface area contributed by atoms with E-state index >= 15 is 0 Å².